The van der Waals surface area contributed by atoms with E-state index in [-0.39, 0.29) is 30.3 Å². The Morgan fingerprint density at radius 3 is 2.63 bits per heavy atom. The molecule has 4 rings (SSSR count). The van der Waals surface area contributed by atoms with E-state index >= 15 is 0 Å². The first-order chi connectivity index (χ1) is 16.5. The lowest BCUT2D eigenvalue weighted by molar-refractivity contribution is -0.142. The van der Waals surface area contributed by atoms with Crippen molar-refractivity contribution in [2.75, 3.05) is 19.5 Å². The van der Waals surface area contributed by atoms with Crippen molar-refractivity contribution in [2.45, 2.75) is 38.3 Å². The van der Waals surface area contributed by atoms with E-state index in [9.17, 15) is 14.5 Å². The Hall–Kier alpha value is -2.73. The smallest absolute Gasteiger partial charge is 0.459 e. The molecule has 1 fully saturated rings. The summed E-state index contributed by atoms with van der Waals surface area (Å²) in [5.41, 5.74) is 5.35. The van der Waals surface area contributed by atoms with E-state index in [1.807, 2.05) is 4.57 Å². The van der Waals surface area contributed by atoms with Crippen molar-refractivity contribution in [3.63, 3.8) is 0 Å². The minimum absolute atomic E-state index is 0.0649. The zero-order chi connectivity index (χ0) is 25.4. The highest BCUT2D eigenvalue weighted by atomic mass is 79.9. The van der Waals surface area contributed by atoms with Gasteiger partial charge in [-0.2, -0.15) is 15.1 Å². The van der Waals surface area contributed by atoms with E-state index in [0.717, 1.165) is 4.47 Å². The van der Waals surface area contributed by atoms with Crippen LogP contribution in [-0.2, 0) is 13.9 Å². The maximum atomic E-state index is 13.5. The van der Waals surface area contributed by atoms with E-state index in [2.05, 4.69) is 36.0 Å². The second kappa shape index (κ2) is 9.73. The Bertz CT molecular complexity index is 1280. The molecule has 2 aromatic heterocycles. The molecule has 0 amide bonds. The number of hydrogen-bond acceptors (Lipinski definition) is 9. The zero-order valence-corrected chi connectivity index (χ0v) is 21.8. The van der Waals surface area contributed by atoms with Crippen molar-refractivity contribution in [3.05, 3.63) is 35.1 Å². The molecule has 1 atom stereocenters. The molecule has 1 aliphatic rings. The number of anilines is 1. The van der Waals surface area contributed by atoms with Gasteiger partial charge < -0.3 is 24.7 Å². The molecule has 2 heterocycles. The van der Waals surface area contributed by atoms with Gasteiger partial charge in [-0.05, 0) is 56.9 Å². The standard InChI is InChI=1S/C21H26BrN6O6P/c1-21(2,19(29)30)27-35(31,34-15-6-4-13(22)5-7-15)33-10-12-8-14(9-12)28-11-24-16-17(28)25-20(23)26-18(16)32-3/h4-7,11-12,14H,8-10H2,1-3H3,(H,27,31)(H,29,30)(H2,23,25,26)/t12-,14+,35?. The molecule has 1 aromatic carbocycles. The number of halogens is 1. The number of nitrogens with one attached hydrogen (secondary N) is 1. The van der Waals surface area contributed by atoms with E-state index in [0.29, 0.717) is 29.9 Å². The second-order valence-electron chi connectivity index (χ2n) is 8.79. The molecule has 0 bridgehead atoms. The molecular formula is C21H26BrN6O6P. The predicted molar refractivity (Wildman–Crippen MR) is 131 cm³/mol. The number of carboxylic acids is 1. The Kier molecular flexibility index (Phi) is 7.05. The summed E-state index contributed by atoms with van der Waals surface area (Å²) in [6.07, 6.45) is 3.08. The third-order valence-electron chi connectivity index (χ3n) is 5.67. The summed E-state index contributed by atoms with van der Waals surface area (Å²) < 4.78 is 32.9. The van der Waals surface area contributed by atoms with E-state index in [1.165, 1.54) is 21.0 Å². The number of nitrogens with two attached hydrogens (primary N) is 1. The van der Waals surface area contributed by atoms with Crippen LogP contribution in [0.1, 0.15) is 32.7 Å². The van der Waals surface area contributed by atoms with Crippen molar-refractivity contribution >= 4 is 46.8 Å². The van der Waals surface area contributed by atoms with Gasteiger partial charge in [-0.1, -0.05) is 15.9 Å². The van der Waals surface area contributed by atoms with Crippen LogP contribution in [0.25, 0.3) is 11.2 Å². The van der Waals surface area contributed by atoms with Gasteiger partial charge >= 0.3 is 13.7 Å². The average Bonchev–Trinajstić information content (AvgIpc) is 3.16. The van der Waals surface area contributed by atoms with Gasteiger partial charge in [-0.3, -0.25) is 9.32 Å². The van der Waals surface area contributed by atoms with Gasteiger partial charge in [-0.25, -0.2) is 9.55 Å². The Morgan fingerprint density at radius 2 is 2.00 bits per heavy atom. The fourth-order valence-corrected chi connectivity index (χ4v) is 5.70. The number of carbonyl (C=O) groups is 1. The van der Waals surface area contributed by atoms with Crippen LogP contribution in [0.15, 0.2) is 35.1 Å². The third kappa shape index (κ3) is 5.58. The molecule has 12 nitrogen and oxygen atoms in total. The van der Waals surface area contributed by atoms with Gasteiger partial charge in [0.1, 0.15) is 11.3 Å². The summed E-state index contributed by atoms with van der Waals surface area (Å²) in [7, 11) is -2.53. The summed E-state index contributed by atoms with van der Waals surface area (Å²) in [6.45, 7) is 2.89. The number of aromatic nitrogens is 4. The largest absolute Gasteiger partial charge is 0.480 e. The molecule has 0 aliphatic heterocycles. The number of rotatable bonds is 10. The van der Waals surface area contributed by atoms with Crippen molar-refractivity contribution < 1.29 is 28.3 Å². The first kappa shape index (κ1) is 25.4. The third-order valence-corrected chi connectivity index (χ3v) is 7.98. The van der Waals surface area contributed by atoms with Gasteiger partial charge in [0.25, 0.3) is 0 Å². The summed E-state index contributed by atoms with van der Waals surface area (Å²) in [6, 6.07) is 6.75. The number of nitrogen functional groups attached to an aromatic ring is 1. The van der Waals surface area contributed by atoms with Gasteiger partial charge in [0, 0.05) is 10.5 Å². The molecule has 1 unspecified atom stereocenters. The lowest BCUT2D eigenvalue weighted by Crippen LogP contribution is -2.46. The maximum absolute atomic E-state index is 13.5. The Balaban J connectivity index is 1.44. The van der Waals surface area contributed by atoms with Crippen molar-refractivity contribution in [1.29, 1.82) is 0 Å². The predicted octanol–water partition coefficient (Wildman–Crippen LogP) is 3.79. The van der Waals surface area contributed by atoms with Crippen LogP contribution in [-0.4, -0.2) is 49.9 Å². The van der Waals surface area contributed by atoms with Crippen molar-refractivity contribution in [2.24, 2.45) is 5.92 Å². The SMILES string of the molecule is COc1nc(N)nc2c1ncn2[C@H]1C[C@@H](COP(=O)(NC(C)(C)C(=O)O)Oc2ccc(Br)cc2)C1. The highest BCUT2D eigenvalue weighted by Gasteiger charge is 2.41. The topological polar surface area (TPSA) is 164 Å². The van der Waals surface area contributed by atoms with Crippen LogP contribution >= 0.6 is 23.7 Å². The minimum Gasteiger partial charge on any atom is -0.480 e. The van der Waals surface area contributed by atoms with Gasteiger partial charge in [0.05, 0.1) is 20.0 Å². The monoisotopic (exact) mass is 568 g/mol. The first-order valence-corrected chi connectivity index (χ1v) is 13.1. The number of ether oxygens (including phenoxy) is 1. The number of imidazole rings is 1. The van der Waals surface area contributed by atoms with Crippen LogP contribution in [0, 0.1) is 5.92 Å². The summed E-state index contributed by atoms with van der Waals surface area (Å²) in [4.78, 5) is 24.3. The molecule has 188 valence electrons. The zero-order valence-electron chi connectivity index (χ0n) is 19.3. The number of methoxy groups -OCH3 is 1. The molecule has 35 heavy (non-hydrogen) atoms. The fourth-order valence-electron chi connectivity index (χ4n) is 3.69. The molecule has 0 saturated heterocycles. The molecular weight excluding hydrogens is 543 g/mol. The number of nitrogens with zero attached hydrogens (tertiary/aromatic N) is 4. The first-order valence-electron chi connectivity index (χ1n) is 10.8. The fraction of sp³-hybridized carbons (Fsp3) is 0.429. The molecule has 4 N–H and O–H groups in total. The Morgan fingerprint density at radius 1 is 1.31 bits per heavy atom. The lowest BCUT2D eigenvalue weighted by Gasteiger charge is -2.37. The summed E-state index contributed by atoms with van der Waals surface area (Å²) in [5.74, 6) is -0.437. The number of aliphatic carboxylic acids is 1. The van der Waals surface area contributed by atoms with E-state index in [1.54, 1.807) is 30.6 Å². The number of benzene rings is 1. The quantitative estimate of drug-likeness (QED) is 0.305. The summed E-state index contributed by atoms with van der Waals surface area (Å²) >= 11 is 3.33. The molecule has 0 radical (unpaired) electrons. The molecule has 1 aliphatic carbocycles. The molecule has 14 heteroatoms. The van der Waals surface area contributed by atoms with Crippen LogP contribution < -0.4 is 20.1 Å². The minimum atomic E-state index is -4.02. The average molecular weight is 569 g/mol. The molecule has 0 spiro atoms. The van der Waals surface area contributed by atoms with Gasteiger partial charge in [0.15, 0.2) is 11.2 Å². The molecule has 3 aromatic rings. The van der Waals surface area contributed by atoms with E-state index < -0.39 is 19.3 Å². The highest BCUT2D eigenvalue weighted by molar-refractivity contribution is 9.10. The second-order valence-corrected chi connectivity index (χ2v) is 11.4. The van der Waals surface area contributed by atoms with Gasteiger partial charge in [-0.15, -0.1) is 0 Å². The number of fused-ring (bicyclic) bond motifs is 1. The van der Waals surface area contributed by atoms with Gasteiger partial charge in [0.2, 0.25) is 11.8 Å². The van der Waals surface area contributed by atoms with Crippen molar-refractivity contribution in [1.82, 2.24) is 24.6 Å². The number of carboxylic acid groups (broad SMARTS) is 1. The van der Waals surface area contributed by atoms with Crippen LogP contribution in [0.5, 0.6) is 11.6 Å². The summed E-state index contributed by atoms with van der Waals surface area (Å²) in [5, 5.41) is 12.0. The lowest BCUT2D eigenvalue weighted by atomic mass is 9.81. The maximum Gasteiger partial charge on any atom is 0.459 e. The Labute approximate surface area is 209 Å². The van der Waals surface area contributed by atoms with Crippen LogP contribution in [0.2, 0.25) is 0 Å². The van der Waals surface area contributed by atoms with Crippen molar-refractivity contribution in [3.8, 4) is 11.6 Å². The van der Waals surface area contributed by atoms with E-state index in [4.69, 9.17) is 19.5 Å². The van der Waals surface area contributed by atoms with Crippen LogP contribution in [0.4, 0.5) is 5.95 Å². The highest BCUT2D eigenvalue weighted by Crippen LogP contribution is 2.49. The molecule has 1 saturated carbocycles. The van der Waals surface area contributed by atoms with Crippen LogP contribution in [0.3, 0.4) is 0 Å². The number of hydrogen-bond donors (Lipinski definition) is 3. The normalized spacial score (nSPS) is 19.7.